The normalized spacial score (nSPS) is 13.9. The van der Waals surface area contributed by atoms with Crippen LogP contribution < -0.4 is 0 Å². The van der Waals surface area contributed by atoms with E-state index in [9.17, 15) is 8.42 Å². The third-order valence-corrected chi connectivity index (χ3v) is 2.77. The van der Waals surface area contributed by atoms with Crippen LogP contribution in [0.4, 0.5) is 0 Å². The number of rotatable bonds is 5. The molecule has 1 N–H and O–H groups in total. The fraction of sp³-hybridized carbons (Fsp3) is 1.00. The molecule has 0 spiro atoms. The molecule has 0 aromatic carbocycles. The van der Waals surface area contributed by atoms with E-state index in [0.29, 0.717) is 18.2 Å². The maximum absolute atomic E-state index is 10.4. The number of aliphatic hydroxyl groups excluding tert-OH is 1. The van der Waals surface area contributed by atoms with Gasteiger partial charge in [-0.15, -0.1) is 0 Å². The summed E-state index contributed by atoms with van der Waals surface area (Å²) >= 11 is 3.14. The minimum Gasteiger partial charge on any atom is -0.396 e. The number of alkyl halides is 1. The van der Waals surface area contributed by atoms with Gasteiger partial charge in [-0.25, -0.2) is 8.42 Å². The van der Waals surface area contributed by atoms with E-state index in [-0.39, 0.29) is 11.9 Å². The first-order valence-corrected chi connectivity index (χ1v) is 5.39. The van der Waals surface area contributed by atoms with Gasteiger partial charge in [0.2, 0.25) is 0 Å². The SMILES string of the molecule is O=[SH](=O)C(CCO)CCBr. The summed E-state index contributed by atoms with van der Waals surface area (Å²) in [7, 11) is -2.37. The van der Waals surface area contributed by atoms with Crippen molar-refractivity contribution in [3.05, 3.63) is 0 Å². The Morgan fingerprint density at radius 1 is 1.40 bits per heavy atom. The molecule has 0 saturated heterocycles. The Labute approximate surface area is 70.5 Å². The maximum atomic E-state index is 10.4. The second-order valence-electron chi connectivity index (χ2n) is 1.93. The first-order valence-electron chi connectivity index (χ1n) is 3.02. The predicted molar refractivity (Wildman–Crippen MR) is 44.2 cm³/mol. The van der Waals surface area contributed by atoms with Gasteiger partial charge in [0.1, 0.15) is 10.7 Å². The molecule has 10 heavy (non-hydrogen) atoms. The minimum absolute atomic E-state index is 0.0546. The van der Waals surface area contributed by atoms with Crippen LogP contribution in [0.15, 0.2) is 0 Å². The Morgan fingerprint density at radius 2 is 2.00 bits per heavy atom. The molecule has 0 amide bonds. The van der Waals surface area contributed by atoms with Crippen molar-refractivity contribution in [1.29, 1.82) is 0 Å². The van der Waals surface area contributed by atoms with Crippen LogP contribution in [0.5, 0.6) is 0 Å². The number of halogens is 1. The molecule has 0 aromatic heterocycles. The van der Waals surface area contributed by atoms with Gasteiger partial charge in [-0.3, -0.25) is 0 Å². The highest BCUT2D eigenvalue weighted by atomic mass is 79.9. The molecule has 0 aromatic rings. The molecular weight excluding hydrogens is 220 g/mol. The van der Waals surface area contributed by atoms with Crippen LogP contribution in [0.25, 0.3) is 0 Å². The van der Waals surface area contributed by atoms with Crippen molar-refractivity contribution in [2.24, 2.45) is 0 Å². The highest BCUT2D eigenvalue weighted by Crippen LogP contribution is 2.03. The van der Waals surface area contributed by atoms with Gasteiger partial charge < -0.3 is 5.11 Å². The van der Waals surface area contributed by atoms with E-state index in [1.807, 2.05) is 0 Å². The van der Waals surface area contributed by atoms with E-state index in [1.165, 1.54) is 0 Å². The highest BCUT2D eigenvalue weighted by Gasteiger charge is 2.08. The summed E-state index contributed by atoms with van der Waals surface area (Å²) in [5.74, 6) is 0. The Kier molecular flexibility index (Phi) is 6.36. The average Bonchev–Trinajstić information content (AvgIpc) is 1.87. The van der Waals surface area contributed by atoms with E-state index >= 15 is 0 Å². The molecule has 0 bridgehead atoms. The quantitative estimate of drug-likeness (QED) is 0.522. The van der Waals surface area contributed by atoms with E-state index in [4.69, 9.17) is 5.11 Å². The lowest BCUT2D eigenvalue weighted by Gasteiger charge is -2.04. The van der Waals surface area contributed by atoms with Gasteiger partial charge in [-0.05, 0) is 12.8 Å². The number of thiol groups is 1. The van der Waals surface area contributed by atoms with Crippen LogP contribution in [-0.2, 0) is 10.7 Å². The zero-order valence-corrected chi connectivity index (χ0v) is 7.98. The van der Waals surface area contributed by atoms with Crippen LogP contribution in [0.3, 0.4) is 0 Å². The van der Waals surface area contributed by atoms with Crippen LogP contribution in [0, 0.1) is 0 Å². The smallest absolute Gasteiger partial charge is 0.143 e. The molecule has 0 heterocycles. The van der Waals surface area contributed by atoms with E-state index in [2.05, 4.69) is 15.9 Å². The predicted octanol–water partition coefficient (Wildman–Crippen LogP) is 0.134. The van der Waals surface area contributed by atoms with Gasteiger partial charge in [-0.2, -0.15) is 0 Å². The summed E-state index contributed by atoms with van der Waals surface area (Å²) in [5.41, 5.74) is 0. The summed E-state index contributed by atoms with van der Waals surface area (Å²) in [6.07, 6.45) is 0.934. The topological polar surface area (TPSA) is 54.4 Å². The van der Waals surface area contributed by atoms with Crippen molar-refractivity contribution < 1.29 is 13.5 Å². The fourth-order valence-electron chi connectivity index (χ4n) is 0.630. The first-order chi connectivity index (χ1) is 4.72. The number of hydrogen-bond donors (Lipinski definition) is 2. The lowest BCUT2D eigenvalue weighted by Crippen LogP contribution is -2.12. The van der Waals surface area contributed by atoms with Crippen molar-refractivity contribution >= 4 is 26.6 Å². The molecule has 3 nitrogen and oxygen atoms in total. The molecule has 1 unspecified atom stereocenters. The van der Waals surface area contributed by atoms with E-state index in [1.54, 1.807) is 0 Å². The molecule has 0 aliphatic rings. The molecule has 0 saturated carbocycles. The Hall–Kier alpha value is 0.390. The van der Waals surface area contributed by atoms with E-state index < -0.39 is 10.7 Å². The van der Waals surface area contributed by atoms with Gasteiger partial charge in [0.25, 0.3) is 0 Å². The molecular formula is C5H11BrO3S. The molecule has 0 aliphatic carbocycles. The van der Waals surface area contributed by atoms with E-state index in [0.717, 1.165) is 0 Å². The van der Waals surface area contributed by atoms with Crippen molar-refractivity contribution in [3.8, 4) is 0 Å². The minimum atomic E-state index is -2.37. The molecule has 5 heteroatoms. The summed E-state index contributed by atoms with van der Waals surface area (Å²) in [6.45, 7) is -0.0546. The molecule has 62 valence electrons. The molecule has 0 radical (unpaired) electrons. The van der Waals surface area contributed by atoms with Gasteiger partial charge >= 0.3 is 0 Å². The largest absolute Gasteiger partial charge is 0.396 e. The number of aliphatic hydroxyl groups is 1. The Balaban J connectivity index is 3.73. The molecule has 0 fully saturated rings. The lowest BCUT2D eigenvalue weighted by molar-refractivity contribution is 0.285. The first kappa shape index (κ1) is 10.4. The summed E-state index contributed by atoms with van der Waals surface area (Å²) in [5, 5.41) is 8.74. The van der Waals surface area contributed by atoms with Crippen molar-refractivity contribution in [2.75, 3.05) is 11.9 Å². The Morgan fingerprint density at radius 3 is 2.30 bits per heavy atom. The fourth-order valence-corrected chi connectivity index (χ4v) is 2.20. The third-order valence-electron chi connectivity index (χ3n) is 1.20. The van der Waals surface area contributed by atoms with Crippen molar-refractivity contribution in [1.82, 2.24) is 0 Å². The summed E-state index contributed by atoms with van der Waals surface area (Å²) in [4.78, 5) is 0. The molecule has 0 aliphatic heterocycles. The van der Waals surface area contributed by atoms with Crippen LogP contribution in [0.2, 0.25) is 0 Å². The van der Waals surface area contributed by atoms with Gasteiger partial charge in [-0.1, -0.05) is 15.9 Å². The zero-order valence-electron chi connectivity index (χ0n) is 5.49. The average molecular weight is 231 g/mol. The van der Waals surface area contributed by atoms with Gasteiger partial charge in [0.05, 0.1) is 5.25 Å². The second kappa shape index (κ2) is 6.12. The van der Waals surface area contributed by atoms with Crippen LogP contribution in [-0.4, -0.2) is 30.7 Å². The molecule has 0 rings (SSSR count). The maximum Gasteiger partial charge on any atom is 0.143 e. The summed E-state index contributed by atoms with van der Waals surface area (Å²) in [6, 6.07) is 0. The third kappa shape index (κ3) is 4.24. The monoisotopic (exact) mass is 230 g/mol. The Bertz CT molecular complexity index is 132. The number of hydrogen-bond acceptors (Lipinski definition) is 3. The second-order valence-corrected chi connectivity index (χ2v) is 4.02. The summed E-state index contributed by atoms with van der Waals surface area (Å²) < 4.78 is 20.8. The van der Waals surface area contributed by atoms with Crippen molar-refractivity contribution in [3.63, 3.8) is 0 Å². The van der Waals surface area contributed by atoms with Gasteiger partial charge in [0.15, 0.2) is 0 Å². The highest BCUT2D eigenvalue weighted by molar-refractivity contribution is 9.09. The van der Waals surface area contributed by atoms with Crippen LogP contribution >= 0.6 is 15.9 Å². The standard InChI is InChI=1S/C5H11BrO3S/c6-3-1-5(2-4-7)10(8)9/h5,7,10H,1-4H2. The van der Waals surface area contributed by atoms with Crippen LogP contribution in [0.1, 0.15) is 12.8 Å². The zero-order chi connectivity index (χ0) is 7.98. The lowest BCUT2D eigenvalue weighted by atomic mass is 10.2. The van der Waals surface area contributed by atoms with Crippen molar-refractivity contribution in [2.45, 2.75) is 18.1 Å². The van der Waals surface area contributed by atoms with Gasteiger partial charge in [0, 0.05) is 11.9 Å². The molecule has 1 atom stereocenters.